The number of rotatable bonds is 10. The highest BCUT2D eigenvalue weighted by Crippen LogP contribution is 2.34. The summed E-state index contributed by atoms with van der Waals surface area (Å²) in [6.07, 6.45) is 1.63. The van der Waals surface area contributed by atoms with Crippen LogP contribution in [0.25, 0.3) is 16.8 Å². The molecule has 0 aliphatic carbocycles. The summed E-state index contributed by atoms with van der Waals surface area (Å²) in [6.45, 7) is 0.105. The van der Waals surface area contributed by atoms with Crippen LogP contribution in [0.2, 0.25) is 0 Å². The molecule has 1 N–H and O–H groups in total. The highest BCUT2D eigenvalue weighted by molar-refractivity contribution is 8.18. The van der Waals surface area contributed by atoms with Crippen LogP contribution in [0.1, 0.15) is 5.56 Å². The minimum absolute atomic E-state index is 0.131. The third-order valence-electron chi connectivity index (χ3n) is 6.10. The quantitative estimate of drug-likeness (QED) is 0.241. The topological polar surface area (TPSA) is 94.2 Å². The molecule has 0 radical (unpaired) electrons. The molecule has 0 atom stereocenters. The van der Waals surface area contributed by atoms with Crippen LogP contribution in [0, 0.1) is 0 Å². The van der Waals surface area contributed by atoms with E-state index in [1.54, 1.807) is 36.4 Å². The van der Waals surface area contributed by atoms with Gasteiger partial charge in [0, 0.05) is 11.1 Å². The lowest BCUT2D eigenvalue weighted by Gasteiger charge is -2.14. The first kappa shape index (κ1) is 26.8. The molecule has 0 unspecified atom stereocenters. The second-order valence-corrected chi connectivity index (χ2v) is 9.77. The second kappa shape index (κ2) is 12.4. The van der Waals surface area contributed by atoms with Gasteiger partial charge in [-0.05, 0) is 59.1 Å². The highest BCUT2D eigenvalue weighted by Gasteiger charge is 2.34. The number of para-hydroxylation sites is 1. The number of methoxy groups -OCH3 is 1. The van der Waals surface area contributed by atoms with E-state index in [9.17, 15) is 14.4 Å². The summed E-state index contributed by atoms with van der Waals surface area (Å²) >= 11 is 0.876. The number of nitrogens with zero attached hydrogens (tertiary/aromatic N) is 1. The molecule has 1 saturated heterocycles. The van der Waals surface area contributed by atoms with Crippen LogP contribution in [0.15, 0.2) is 95.9 Å². The largest absolute Gasteiger partial charge is 0.493 e. The van der Waals surface area contributed by atoms with Gasteiger partial charge in [-0.1, -0.05) is 60.7 Å². The molecule has 3 amide bonds. The maximum atomic E-state index is 13.0. The first-order valence-electron chi connectivity index (χ1n) is 12.5. The van der Waals surface area contributed by atoms with Crippen molar-refractivity contribution in [2.75, 3.05) is 32.2 Å². The Morgan fingerprint density at radius 2 is 1.65 bits per heavy atom. The number of anilines is 1. The number of ether oxygens (including phenoxy) is 3. The van der Waals surface area contributed by atoms with Crippen LogP contribution in [-0.2, 0) is 9.59 Å². The molecule has 0 aromatic heterocycles. The van der Waals surface area contributed by atoms with Crippen molar-refractivity contribution in [3.05, 3.63) is 101 Å². The van der Waals surface area contributed by atoms with Crippen molar-refractivity contribution in [2.24, 2.45) is 0 Å². The molecule has 0 saturated carbocycles. The molecular formula is C31H26N2O6S. The van der Waals surface area contributed by atoms with E-state index in [-0.39, 0.29) is 36.8 Å². The number of carbonyl (C=O) groups is 3. The Hall–Kier alpha value is -4.76. The number of imide groups is 1. The Morgan fingerprint density at radius 3 is 2.48 bits per heavy atom. The van der Waals surface area contributed by atoms with Gasteiger partial charge in [0.05, 0.1) is 18.6 Å². The smallest absolute Gasteiger partial charge is 0.293 e. The van der Waals surface area contributed by atoms with Gasteiger partial charge in [-0.2, -0.15) is 0 Å². The van der Waals surface area contributed by atoms with Gasteiger partial charge in [-0.15, -0.1) is 0 Å². The maximum Gasteiger partial charge on any atom is 0.293 e. The average Bonchev–Trinajstić information content (AvgIpc) is 3.24. The van der Waals surface area contributed by atoms with E-state index in [0.29, 0.717) is 33.4 Å². The molecule has 5 rings (SSSR count). The van der Waals surface area contributed by atoms with Crippen LogP contribution in [0.4, 0.5) is 10.5 Å². The molecule has 4 aromatic rings. The zero-order valence-electron chi connectivity index (χ0n) is 21.7. The summed E-state index contributed by atoms with van der Waals surface area (Å²) in [7, 11) is 1.49. The van der Waals surface area contributed by atoms with E-state index in [1.807, 2.05) is 60.7 Å². The molecule has 1 heterocycles. The van der Waals surface area contributed by atoms with Crippen molar-refractivity contribution in [2.45, 2.75) is 0 Å². The second-order valence-electron chi connectivity index (χ2n) is 8.77. The Labute approximate surface area is 235 Å². The van der Waals surface area contributed by atoms with Crippen molar-refractivity contribution >= 4 is 51.4 Å². The molecule has 4 aromatic carbocycles. The molecule has 1 aliphatic rings. The van der Waals surface area contributed by atoms with Gasteiger partial charge in [0.2, 0.25) is 0 Å². The summed E-state index contributed by atoms with van der Waals surface area (Å²) in [6, 6.07) is 27.8. The molecule has 1 aliphatic heterocycles. The van der Waals surface area contributed by atoms with Crippen LogP contribution < -0.4 is 19.5 Å². The number of nitrogens with one attached hydrogen (secondary N) is 1. The zero-order valence-corrected chi connectivity index (χ0v) is 22.5. The minimum atomic E-state index is -0.381. The van der Waals surface area contributed by atoms with Crippen molar-refractivity contribution < 1.29 is 28.6 Å². The van der Waals surface area contributed by atoms with E-state index >= 15 is 0 Å². The van der Waals surface area contributed by atoms with Gasteiger partial charge in [0.15, 0.2) is 18.1 Å². The maximum absolute atomic E-state index is 13.0. The van der Waals surface area contributed by atoms with E-state index in [1.165, 1.54) is 12.0 Å². The van der Waals surface area contributed by atoms with Gasteiger partial charge >= 0.3 is 0 Å². The monoisotopic (exact) mass is 554 g/mol. The third kappa shape index (κ3) is 6.27. The summed E-state index contributed by atoms with van der Waals surface area (Å²) in [5.74, 6) is 0.780. The van der Waals surface area contributed by atoms with Crippen LogP contribution in [0.5, 0.6) is 17.2 Å². The van der Waals surface area contributed by atoms with E-state index < -0.39 is 0 Å². The van der Waals surface area contributed by atoms with E-state index in [0.717, 1.165) is 22.5 Å². The molecule has 1 fully saturated rings. The van der Waals surface area contributed by atoms with Crippen molar-refractivity contribution in [3.8, 4) is 17.2 Å². The number of benzene rings is 4. The summed E-state index contributed by atoms with van der Waals surface area (Å²) in [5, 5.41) is 4.42. The Bertz CT molecular complexity index is 1580. The molecule has 0 spiro atoms. The van der Waals surface area contributed by atoms with Gasteiger partial charge in [0.25, 0.3) is 17.1 Å². The van der Waals surface area contributed by atoms with Crippen LogP contribution in [-0.4, -0.2) is 48.8 Å². The molecule has 0 bridgehead atoms. The fourth-order valence-corrected chi connectivity index (χ4v) is 5.03. The zero-order chi connectivity index (χ0) is 27.9. The number of thioether (sulfide) groups is 1. The summed E-state index contributed by atoms with van der Waals surface area (Å²) in [5.41, 5.74) is 1.32. The summed E-state index contributed by atoms with van der Waals surface area (Å²) < 4.78 is 17.0. The first-order valence-corrected chi connectivity index (χ1v) is 13.3. The van der Waals surface area contributed by atoms with Gasteiger partial charge in [-0.25, -0.2) is 0 Å². The number of fused-ring (bicyclic) bond motifs is 1. The van der Waals surface area contributed by atoms with Gasteiger partial charge < -0.3 is 19.5 Å². The number of amides is 3. The van der Waals surface area contributed by atoms with Crippen molar-refractivity contribution in [3.63, 3.8) is 0 Å². The predicted molar refractivity (Wildman–Crippen MR) is 156 cm³/mol. The molecule has 202 valence electrons. The Morgan fingerprint density at radius 1 is 0.875 bits per heavy atom. The first-order chi connectivity index (χ1) is 19.5. The number of hydrogen-bond donors (Lipinski definition) is 1. The van der Waals surface area contributed by atoms with Gasteiger partial charge in [-0.3, -0.25) is 19.3 Å². The lowest BCUT2D eigenvalue weighted by atomic mass is 10.1. The van der Waals surface area contributed by atoms with Crippen LogP contribution in [0.3, 0.4) is 0 Å². The van der Waals surface area contributed by atoms with E-state index in [2.05, 4.69) is 5.32 Å². The molecular weight excluding hydrogens is 528 g/mol. The van der Waals surface area contributed by atoms with E-state index in [4.69, 9.17) is 14.2 Å². The standard InChI is InChI=1S/C31H26N2O6S/c1-37-27-18-21(14-15-26(27)39-20-29(34)32-23-10-3-2-4-11-23)19-28-30(35)33(31(36)40-28)16-17-38-25-13-7-9-22-8-5-6-12-24(22)25/h2-15,18-19H,16-17,20H2,1H3,(H,32,34)/b28-19-. The SMILES string of the molecule is COc1cc(/C=C2\SC(=O)N(CCOc3cccc4ccccc34)C2=O)ccc1OCC(=O)Nc1ccccc1. The number of carbonyl (C=O) groups excluding carboxylic acids is 3. The van der Waals surface area contributed by atoms with Crippen LogP contribution >= 0.6 is 11.8 Å². The lowest BCUT2D eigenvalue weighted by Crippen LogP contribution is -2.32. The lowest BCUT2D eigenvalue weighted by molar-refractivity contribution is -0.123. The molecule has 40 heavy (non-hydrogen) atoms. The molecule has 8 nitrogen and oxygen atoms in total. The fraction of sp³-hybridized carbons (Fsp3) is 0.129. The third-order valence-corrected chi connectivity index (χ3v) is 7.00. The van der Waals surface area contributed by atoms with Crippen molar-refractivity contribution in [1.29, 1.82) is 0 Å². The molecule has 9 heteroatoms. The highest BCUT2D eigenvalue weighted by atomic mass is 32.2. The summed E-state index contributed by atoms with van der Waals surface area (Å²) in [4.78, 5) is 39.3. The predicted octanol–water partition coefficient (Wildman–Crippen LogP) is 5.98. The Kier molecular flexibility index (Phi) is 8.32. The normalized spacial score (nSPS) is 14.0. The van der Waals surface area contributed by atoms with Crippen molar-refractivity contribution in [1.82, 2.24) is 4.90 Å². The fourth-order valence-electron chi connectivity index (χ4n) is 4.17. The number of hydrogen-bond acceptors (Lipinski definition) is 7. The van der Waals surface area contributed by atoms with Gasteiger partial charge in [0.1, 0.15) is 12.4 Å². The minimum Gasteiger partial charge on any atom is -0.493 e. The Balaban J connectivity index is 1.19. The average molecular weight is 555 g/mol.